The summed E-state index contributed by atoms with van der Waals surface area (Å²) in [7, 11) is 0. The largest absolute Gasteiger partial charge is 0.411 e. The van der Waals surface area contributed by atoms with Crippen LogP contribution in [0.2, 0.25) is 0 Å². The Bertz CT molecular complexity index is 417. The molecule has 0 amide bonds. The van der Waals surface area contributed by atoms with E-state index in [1.165, 1.54) is 43.4 Å². The summed E-state index contributed by atoms with van der Waals surface area (Å²) in [5.41, 5.74) is 1.35. The van der Waals surface area contributed by atoms with Gasteiger partial charge in [-0.1, -0.05) is 5.16 Å². The number of quaternary nitrogens is 1. The van der Waals surface area contributed by atoms with Crippen molar-refractivity contribution in [2.75, 3.05) is 19.6 Å². The zero-order valence-electron chi connectivity index (χ0n) is 14.1. The number of ether oxygens (including phenoxy) is 1. The predicted molar refractivity (Wildman–Crippen MR) is 85.4 cm³/mol. The monoisotopic (exact) mass is 307 g/mol. The standard InChI is InChI=1S/C18H30N2O2/c1-12-9-20(10-13(2)22-12)11-17(19-21)18-6-14-3-15(7-18)5-16(4-14)8-18/h12-16,21H,3-11H2,1-2H3/p+1/b19-17-/t12-,13-,14?,15?,16?,18?/m1/s1. The van der Waals surface area contributed by atoms with E-state index in [4.69, 9.17) is 4.74 Å². The zero-order valence-corrected chi connectivity index (χ0v) is 14.1. The Labute approximate surface area is 133 Å². The smallest absolute Gasteiger partial charge is 0.120 e. The van der Waals surface area contributed by atoms with Crippen LogP contribution in [-0.4, -0.2) is 42.8 Å². The lowest BCUT2D eigenvalue weighted by Crippen LogP contribution is -3.16. The number of nitrogens with one attached hydrogen (secondary N) is 1. The fourth-order valence-corrected chi connectivity index (χ4v) is 6.56. The van der Waals surface area contributed by atoms with Crippen molar-refractivity contribution in [3.63, 3.8) is 0 Å². The third kappa shape index (κ3) is 2.58. The molecule has 4 aliphatic carbocycles. The molecule has 0 spiro atoms. The molecule has 4 saturated carbocycles. The van der Waals surface area contributed by atoms with Crippen LogP contribution in [0.3, 0.4) is 0 Å². The molecular formula is C18H31N2O2+. The minimum absolute atomic E-state index is 0.237. The van der Waals surface area contributed by atoms with Crippen molar-refractivity contribution in [3.05, 3.63) is 0 Å². The van der Waals surface area contributed by atoms with Crippen LogP contribution in [0.5, 0.6) is 0 Å². The SMILES string of the molecule is C[C@@H]1C[NH+](C/C(=N/O)C23CC4CC(CC(C4)C2)C3)C[C@@H](C)O1. The zero-order chi connectivity index (χ0) is 15.3. The summed E-state index contributed by atoms with van der Waals surface area (Å²) in [5.74, 6) is 2.71. The van der Waals surface area contributed by atoms with E-state index in [2.05, 4.69) is 19.0 Å². The maximum Gasteiger partial charge on any atom is 0.120 e. The van der Waals surface area contributed by atoms with E-state index in [-0.39, 0.29) is 5.41 Å². The second kappa shape index (κ2) is 5.48. The minimum atomic E-state index is 0.237. The predicted octanol–water partition coefficient (Wildman–Crippen LogP) is 1.73. The lowest BCUT2D eigenvalue weighted by atomic mass is 9.48. The second-order valence-electron chi connectivity index (χ2n) is 8.84. The lowest BCUT2D eigenvalue weighted by molar-refractivity contribution is -0.906. The van der Waals surface area contributed by atoms with Crippen molar-refractivity contribution in [2.24, 2.45) is 28.3 Å². The molecule has 0 aromatic heterocycles. The normalized spacial score (nSPS) is 51.3. The first-order valence-electron chi connectivity index (χ1n) is 9.27. The van der Waals surface area contributed by atoms with Gasteiger partial charge in [-0.25, -0.2) is 0 Å². The van der Waals surface area contributed by atoms with Gasteiger partial charge in [0.15, 0.2) is 0 Å². The number of hydrogen-bond acceptors (Lipinski definition) is 3. The summed E-state index contributed by atoms with van der Waals surface area (Å²) in [6.45, 7) is 7.32. The van der Waals surface area contributed by atoms with Crippen molar-refractivity contribution < 1.29 is 14.8 Å². The number of hydrogen-bond donors (Lipinski definition) is 2. The molecule has 4 bridgehead atoms. The van der Waals surface area contributed by atoms with Gasteiger partial charge in [0.1, 0.15) is 37.6 Å². The van der Waals surface area contributed by atoms with E-state index in [1.807, 2.05) is 0 Å². The maximum atomic E-state index is 9.79. The van der Waals surface area contributed by atoms with Gasteiger partial charge in [-0.2, -0.15) is 0 Å². The first kappa shape index (κ1) is 14.9. The summed E-state index contributed by atoms with van der Waals surface area (Å²) in [6.07, 6.45) is 8.81. The van der Waals surface area contributed by atoms with E-state index >= 15 is 0 Å². The number of nitrogens with zero attached hydrogens (tertiary/aromatic N) is 1. The highest BCUT2D eigenvalue weighted by atomic mass is 16.5. The topological polar surface area (TPSA) is 46.3 Å². The quantitative estimate of drug-likeness (QED) is 0.474. The number of oxime groups is 1. The molecule has 5 rings (SSSR count). The van der Waals surface area contributed by atoms with Crippen molar-refractivity contribution in [1.29, 1.82) is 0 Å². The van der Waals surface area contributed by atoms with Crippen LogP contribution >= 0.6 is 0 Å². The lowest BCUT2D eigenvalue weighted by Gasteiger charge is -2.56. The fraction of sp³-hybridized carbons (Fsp3) is 0.944. The molecule has 0 radical (unpaired) electrons. The van der Waals surface area contributed by atoms with Gasteiger partial charge < -0.3 is 14.8 Å². The molecule has 22 heavy (non-hydrogen) atoms. The molecule has 0 aromatic rings. The van der Waals surface area contributed by atoms with Gasteiger partial charge in [-0.15, -0.1) is 0 Å². The Balaban J connectivity index is 1.50. The molecule has 1 saturated heterocycles. The van der Waals surface area contributed by atoms with Crippen LogP contribution < -0.4 is 4.90 Å². The molecule has 4 nitrogen and oxygen atoms in total. The summed E-state index contributed by atoms with van der Waals surface area (Å²) < 4.78 is 5.86. The van der Waals surface area contributed by atoms with Gasteiger partial charge in [-0.05, 0) is 70.1 Å². The van der Waals surface area contributed by atoms with Crippen molar-refractivity contribution in [1.82, 2.24) is 0 Å². The average molecular weight is 307 g/mol. The second-order valence-corrected chi connectivity index (χ2v) is 8.84. The first-order valence-corrected chi connectivity index (χ1v) is 9.27. The average Bonchev–Trinajstić information content (AvgIpc) is 2.42. The number of rotatable bonds is 3. The molecular weight excluding hydrogens is 276 g/mol. The summed E-state index contributed by atoms with van der Waals surface area (Å²) in [4.78, 5) is 1.54. The Morgan fingerprint density at radius 1 is 1.05 bits per heavy atom. The molecule has 1 heterocycles. The molecule has 5 fully saturated rings. The Kier molecular flexibility index (Phi) is 3.73. The molecule has 124 valence electrons. The molecule has 1 aliphatic heterocycles. The molecule has 0 unspecified atom stereocenters. The first-order chi connectivity index (χ1) is 10.6. The van der Waals surface area contributed by atoms with E-state index in [0.29, 0.717) is 12.2 Å². The Morgan fingerprint density at radius 2 is 1.55 bits per heavy atom. The minimum Gasteiger partial charge on any atom is -0.411 e. The van der Waals surface area contributed by atoms with E-state index in [0.717, 1.165) is 43.1 Å². The third-order valence-corrected chi connectivity index (χ3v) is 6.81. The molecule has 0 aromatic carbocycles. The third-order valence-electron chi connectivity index (χ3n) is 6.81. The highest BCUT2D eigenvalue weighted by Gasteiger charge is 2.54. The van der Waals surface area contributed by atoms with Crippen LogP contribution in [0.25, 0.3) is 0 Å². The van der Waals surface area contributed by atoms with E-state index in [9.17, 15) is 5.21 Å². The van der Waals surface area contributed by atoms with E-state index < -0.39 is 0 Å². The van der Waals surface area contributed by atoms with Crippen LogP contribution in [-0.2, 0) is 4.74 Å². The summed E-state index contributed by atoms with van der Waals surface area (Å²) >= 11 is 0. The number of morpholine rings is 1. The maximum absolute atomic E-state index is 9.79. The van der Waals surface area contributed by atoms with Gasteiger partial charge in [0.05, 0.1) is 0 Å². The van der Waals surface area contributed by atoms with Crippen molar-refractivity contribution in [3.8, 4) is 0 Å². The van der Waals surface area contributed by atoms with Crippen molar-refractivity contribution >= 4 is 5.71 Å². The molecule has 2 N–H and O–H groups in total. The van der Waals surface area contributed by atoms with Gasteiger partial charge in [0, 0.05) is 5.41 Å². The van der Waals surface area contributed by atoms with Crippen LogP contribution in [0.15, 0.2) is 5.16 Å². The van der Waals surface area contributed by atoms with Gasteiger partial charge in [-0.3, -0.25) is 0 Å². The molecule has 4 heteroatoms. The van der Waals surface area contributed by atoms with Gasteiger partial charge in [0.2, 0.25) is 0 Å². The van der Waals surface area contributed by atoms with Crippen LogP contribution in [0.4, 0.5) is 0 Å². The van der Waals surface area contributed by atoms with Crippen LogP contribution in [0.1, 0.15) is 52.4 Å². The Morgan fingerprint density at radius 3 is 2.00 bits per heavy atom. The van der Waals surface area contributed by atoms with Crippen molar-refractivity contribution in [2.45, 2.75) is 64.6 Å². The molecule has 5 aliphatic rings. The fourth-order valence-electron chi connectivity index (χ4n) is 6.56. The van der Waals surface area contributed by atoms with E-state index in [1.54, 1.807) is 0 Å². The molecule has 2 atom stereocenters. The highest BCUT2D eigenvalue weighted by molar-refractivity contribution is 5.91. The van der Waals surface area contributed by atoms with Crippen LogP contribution in [0, 0.1) is 23.2 Å². The van der Waals surface area contributed by atoms with Gasteiger partial charge in [0.25, 0.3) is 0 Å². The summed E-state index contributed by atoms with van der Waals surface area (Å²) in [6, 6.07) is 0. The highest BCUT2D eigenvalue weighted by Crippen LogP contribution is 2.60. The summed E-state index contributed by atoms with van der Waals surface area (Å²) in [5, 5.41) is 13.7. The Hall–Kier alpha value is -0.610. The van der Waals surface area contributed by atoms with Gasteiger partial charge >= 0.3 is 0 Å².